The quantitative estimate of drug-likeness (QED) is 0.216. The third kappa shape index (κ3) is 1290. The van der Waals surface area contributed by atoms with Crippen molar-refractivity contribution in [2.45, 2.75) is 65.8 Å². The molecular weight excluding hydrogens is 737 g/mol. The van der Waals surface area contributed by atoms with Crippen molar-refractivity contribution in [2.75, 3.05) is 100 Å². The van der Waals surface area contributed by atoms with Crippen LogP contribution in [0.4, 0.5) is 0 Å². The Kier molecular flexibility index (Phi) is 224. The molecule has 48 heavy (non-hydrogen) atoms. The van der Waals surface area contributed by atoms with E-state index in [4.69, 9.17) is 0 Å². The summed E-state index contributed by atoms with van der Waals surface area (Å²) in [6.07, 6.45) is 8.69. The molecule has 0 aromatic rings. The largest absolute Gasteiger partial charge is 0.333 e. The predicted octanol–water partition coefficient (Wildman–Crippen LogP) is 0.928. The summed E-state index contributed by atoms with van der Waals surface area (Å²) in [5.74, 6) is 0.167. The van der Waals surface area contributed by atoms with E-state index in [0.29, 0.717) is 0 Å². The van der Waals surface area contributed by atoms with Crippen LogP contribution < -0.4 is 33.4 Å². The molecule has 0 radical (unpaired) electrons. The first-order valence-corrected chi connectivity index (χ1v) is 20.1. The monoisotopic (exact) mass is 827 g/mol. The number of carbonyl (C=O) groups is 1. The van der Waals surface area contributed by atoms with Gasteiger partial charge in [0.05, 0.1) is 33.0 Å². The van der Waals surface area contributed by atoms with Crippen LogP contribution in [0.1, 0.15) is 65.8 Å². The predicted molar refractivity (Wildman–Crippen MR) is 222 cm³/mol. The third-order valence-electron chi connectivity index (χ3n) is 0.976. The van der Waals surface area contributed by atoms with Gasteiger partial charge in [-0.3, -0.25) is 12.6 Å². The molecule has 0 amide bonds. The van der Waals surface area contributed by atoms with E-state index in [1.165, 1.54) is 56.1 Å². The lowest BCUT2D eigenvalue weighted by molar-refractivity contribution is -0.115. The van der Waals surface area contributed by atoms with Crippen LogP contribution in [0, 0.1) is 0 Å². The maximum Gasteiger partial charge on any atom is 0.264 e. The van der Waals surface area contributed by atoms with Crippen molar-refractivity contribution in [1.82, 2.24) is 4.72 Å². The lowest BCUT2D eigenvalue weighted by atomic mass is 10.6. The number of Topliss-reactive ketones (excluding diaryl/α,β-unsaturated/α-hetero) is 1. The first kappa shape index (κ1) is 118. The topological polar surface area (TPSA) is 331 Å². The van der Waals surface area contributed by atoms with Crippen LogP contribution in [0.15, 0.2) is 0 Å². The van der Waals surface area contributed by atoms with Gasteiger partial charge in [0.1, 0.15) is 15.6 Å². The van der Waals surface area contributed by atoms with E-state index in [9.17, 15) is 42.7 Å². The molecule has 0 unspecified atom stereocenters. The first-order chi connectivity index (χ1) is 18.1. The summed E-state index contributed by atoms with van der Waals surface area (Å²) < 4.78 is 97.6. The number of ketones is 1. The molecule has 0 bridgehead atoms. The van der Waals surface area contributed by atoms with Gasteiger partial charge in [0.2, 0.25) is 10.0 Å². The van der Waals surface area contributed by atoms with Crippen molar-refractivity contribution in [3.63, 3.8) is 0 Å². The lowest BCUT2D eigenvalue weighted by Crippen LogP contribution is -2.15. The van der Waals surface area contributed by atoms with E-state index in [0.717, 1.165) is 45.5 Å². The fraction of sp³-hybridized carbons (Fsp3) is 0.960. The molecule has 18 nitrogen and oxygen atoms in total. The van der Waals surface area contributed by atoms with Crippen molar-refractivity contribution < 1.29 is 51.0 Å². The maximum atomic E-state index is 9.89. The molecule has 11 N–H and O–H groups in total. The van der Waals surface area contributed by atoms with Gasteiger partial charge >= 0.3 is 0 Å². The number of carbonyl (C=O) groups excluding carboxylic acids is 1. The molecule has 0 fully saturated rings. The molecule has 0 aliphatic rings. The Morgan fingerprint density at radius 3 is 0.562 bits per heavy atom. The average Bonchev–Trinajstić information content (AvgIpc) is 2.83. The maximum absolute atomic E-state index is 9.89. The minimum absolute atomic E-state index is 0. The summed E-state index contributed by atoms with van der Waals surface area (Å²) in [7, 11) is -1.40. The number of nitrogens with one attached hydrogen (secondary N) is 1. The first-order valence-electron chi connectivity index (χ1n) is 10.3. The van der Waals surface area contributed by atoms with Crippen LogP contribution in [0.25, 0.3) is 0 Å². The molecule has 0 spiro atoms. The fourth-order valence-electron chi connectivity index (χ4n) is 0. The van der Waals surface area contributed by atoms with E-state index in [2.05, 4.69) is 41.8 Å². The molecule has 0 rings (SSSR count). The number of hydrogen-bond donors (Lipinski definition) is 6. The van der Waals surface area contributed by atoms with Crippen LogP contribution in [-0.4, -0.2) is 144 Å². The molecule has 0 atom stereocenters. The molecule has 0 aliphatic heterocycles. The van der Waals surface area contributed by atoms with Gasteiger partial charge in [-0.05, 0) is 56.1 Å². The second-order valence-electron chi connectivity index (χ2n) is 5.51. The molecule has 0 heterocycles. The molecule has 0 saturated heterocycles. The van der Waals surface area contributed by atoms with E-state index >= 15 is 0 Å². The Labute approximate surface area is 306 Å². The third-order valence-corrected chi connectivity index (χ3v) is 2.93. The Morgan fingerprint density at radius 1 is 0.521 bits per heavy atom. The highest BCUT2D eigenvalue weighted by atomic mass is 32.2. The molecule has 322 valence electrons. The summed E-state index contributed by atoms with van der Waals surface area (Å²) in [5, 5.41) is 0. The van der Waals surface area contributed by atoms with E-state index < -0.39 is 50.9 Å². The molecule has 0 aromatic heterocycles. The second-order valence-corrected chi connectivity index (χ2v) is 14.7. The lowest BCUT2D eigenvalue weighted by Gasteiger charge is -1.85. The van der Waals surface area contributed by atoms with Gasteiger partial charge in [-0.15, -0.1) is 0 Å². The van der Waals surface area contributed by atoms with Crippen LogP contribution in [0.3, 0.4) is 0 Å². The normalized spacial score (nSPS) is 7.48. The van der Waals surface area contributed by atoms with Gasteiger partial charge in [-0.1, -0.05) is 52.0 Å². The van der Waals surface area contributed by atoms with Gasteiger partial charge in [0, 0.05) is 35.8 Å². The number of nitrogens with two attached hydrogens (primary N) is 5. The summed E-state index contributed by atoms with van der Waals surface area (Å²) >= 11 is 0. The Morgan fingerprint density at radius 2 is 0.562 bits per heavy atom. The highest BCUT2D eigenvalue weighted by Crippen LogP contribution is 1.76. The highest BCUT2D eigenvalue weighted by Gasteiger charge is 1.91. The summed E-state index contributed by atoms with van der Waals surface area (Å²) in [6.45, 7) is 3.06. The van der Waals surface area contributed by atoms with E-state index in [1.54, 1.807) is 12.5 Å². The van der Waals surface area contributed by atoms with Gasteiger partial charge < -0.3 is 33.5 Å². The summed E-state index contributed by atoms with van der Waals surface area (Å²) in [6, 6.07) is 0. The van der Waals surface area contributed by atoms with Crippen molar-refractivity contribution in [3.05, 3.63) is 0 Å². The van der Waals surface area contributed by atoms with Gasteiger partial charge in [0.15, 0.2) is 0 Å². The number of hydrogen-bond acceptors (Lipinski definition) is 17. The molecule has 0 aromatic carbocycles. The van der Waals surface area contributed by atoms with Crippen LogP contribution in [-0.2, 0) is 64.1 Å². The van der Waals surface area contributed by atoms with Crippen molar-refractivity contribution in [2.24, 2.45) is 28.7 Å². The zero-order valence-electron chi connectivity index (χ0n) is 27.8. The number of rotatable bonds is 3. The zero-order chi connectivity index (χ0) is 37.3. The van der Waals surface area contributed by atoms with Crippen molar-refractivity contribution in [1.29, 1.82) is 0 Å². The van der Waals surface area contributed by atoms with E-state index in [1.807, 2.05) is 0 Å². The van der Waals surface area contributed by atoms with Crippen LogP contribution in [0.5, 0.6) is 0 Å². The fourth-order valence-corrected chi connectivity index (χ4v) is 0. The number of sulfone groups is 1. The minimum Gasteiger partial charge on any atom is -0.333 e. The molecule has 0 saturated carbocycles. The van der Waals surface area contributed by atoms with Gasteiger partial charge in [-0.2, -0.15) is 16.8 Å². The highest BCUT2D eigenvalue weighted by molar-refractivity contribution is 7.90. The van der Waals surface area contributed by atoms with Gasteiger partial charge in [-0.25, -0.2) is 21.6 Å². The zero-order valence-corrected chi connectivity index (χ0v) is 31.9. The van der Waals surface area contributed by atoms with Gasteiger partial charge in [0.25, 0.3) is 20.2 Å². The van der Waals surface area contributed by atoms with Crippen LogP contribution in [0.2, 0.25) is 0 Å². The van der Waals surface area contributed by atoms with E-state index in [-0.39, 0.29) is 57.8 Å². The minimum atomic E-state index is -3.16. The second kappa shape index (κ2) is 91.1. The Balaban J connectivity index is -0.0000000130. The Hall–Kier alpha value is -0.700. The van der Waals surface area contributed by atoms with Crippen molar-refractivity contribution in [3.8, 4) is 0 Å². The SMILES string of the molecule is C.C.C.C.C.C.C.CC(C)=O.CN.CN.CN.CN.CN.CNS(C)(=O)=O.COS(C)(=O)=O.COS(C)(=O)=O.CS(C)(=O)=O.CS(C)=O. The standard InChI is InChI=1S/C3H6O.C2H7NO2S.2C2H6O3S.C2H6O2S.C2H6OS.5CH5N.7CH4/c1-3(2)4;1-3-6(2,4)5;2*1-5-6(2,3)4;1-5(2,3)4;1-4(2)3;5*1-2;;;;;;;/h1-2H3;3H,1-2H3;2*1-2H3;1-2H3;1-2H3;5*2H2,1H3;7*1H4. The summed E-state index contributed by atoms with van der Waals surface area (Å²) in [5.41, 5.74) is 22.5. The molecule has 23 heteroatoms. The molecular formula is C25H90N6O12S5. The van der Waals surface area contributed by atoms with Crippen LogP contribution >= 0.6 is 0 Å². The molecule has 0 aliphatic carbocycles. The smallest absolute Gasteiger partial charge is 0.264 e. The Bertz CT molecular complexity index is 800. The van der Waals surface area contributed by atoms with Crippen molar-refractivity contribution >= 4 is 56.7 Å². The average molecular weight is 827 g/mol. The number of sulfonamides is 1. The summed E-state index contributed by atoms with van der Waals surface area (Å²) in [4.78, 5) is 9.44.